The topological polar surface area (TPSA) is 90.7 Å². The standard InChI is InChI=1S/C19H22N2O5/c1-4-13(2)14-5-7-15(8-6-14)20-19(22)12-26-18-11-16(21(23)24)9-10-17(18)25-3/h5-11,13H,4,12H2,1-3H3,(H,20,22)/t13-/m1/s1. The van der Waals surface area contributed by atoms with Crippen molar-refractivity contribution in [2.24, 2.45) is 0 Å². The zero-order chi connectivity index (χ0) is 19.1. The van der Waals surface area contributed by atoms with Gasteiger partial charge in [0.2, 0.25) is 0 Å². The molecule has 1 atom stereocenters. The quantitative estimate of drug-likeness (QED) is 0.566. The number of anilines is 1. The van der Waals surface area contributed by atoms with Crippen molar-refractivity contribution in [3.8, 4) is 11.5 Å². The number of nitro benzene ring substituents is 1. The van der Waals surface area contributed by atoms with Crippen LogP contribution in [0.3, 0.4) is 0 Å². The third-order valence-electron chi connectivity index (χ3n) is 4.09. The second kappa shape index (κ2) is 8.84. The van der Waals surface area contributed by atoms with Gasteiger partial charge in [-0.15, -0.1) is 0 Å². The molecule has 0 fully saturated rings. The molecular formula is C19H22N2O5. The number of carbonyl (C=O) groups is 1. The van der Waals surface area contributed by atoms with Crippen molar-refractivity contribution < 1.29 is 19.2 Å². The van der Waals surface area contributed by atoms with E-state index in [9.17, 15) is 14.9 Å². The lowest BCUT2D eigenvalue weighted by Crippen LogP contribution is -2.20. The number of methoxy groups -OCH3 is 1. The van der Waals surface area contributed by atoms with E-state index in [0.717, 1.165) is 6.42 Å². The van der Waals surface area contributed by atoms with E-state index >= 15 is 0 Å². The summed E-state index contributed by atoms with van der Waals surface area (Å²) in [5.41, 5.74) is 1.74. The molecule has 1 N–H and O–H groups in total. The van der Waals surface area contributed by atoms with Crippen LogP contribution >= 0.6 is 0 Å². The number of carbonyl (C=O) groups excluding carboxylic acids is 1. The van der Waals surface area contributed by atoms with E-state index in [4.69, 9.17) is 9.47 Å². The number of amides is 1. The monoisotopic (exact) mass is 358 g/mol. The lowest BCUT2D eigenvalue weighted by atomic mass is 9.99. The molecular weight excluding hydrogens is 336 g/mol. The molecule has 7 nitrogen and oxygen atoms in total. The molecule has 0 saturated carbocycles. The van der Waals surface area contributed by atoms with E-state index in [1.807, 2.05) is 24.3 Å². The minimum Gasteiger partial charge on any atom is -0.493 e. The van der Waals surface area contributed by atoms with E-state index < -0.39 is 4.92 Å². The van der Waals surface area contributed by atoms with Gasteiger partial charge in [0.15, 0.2) is 18.1 Å². The molecule has 0 saturated heterocycles. The molecule has 0 unspecified atom stereocenters. The Morgan fingerprint density at radius 3 is 2.46 bits per heavy atom. The van der Waals surface area contributed by atoms with Crippen molar-refractivity contribution >= 4 is 17.3 Å². The second-order valence-electron chi connectivity index (χ2n) is 5.86. The van der Waals surface area contributed by atoms with E-state index in [1.54, 1.807) is 0 Å². The van der Waals surface area contributed by atoms with Crippen molar-refractivity contribution in [1.29, 1.82) is 0 Å². The Morgan fingerprint density at radius 1 is 1.19 bits per heavy atom. The Balaban J connectivity index is 1.98. The summed E-state index contributed by atoms with van der Waals surface area (Å²) >= 11 is 0. The molecule has 0 heterocycles. The second-order valence-corrected chi connectivity index (χ2v) is 5.86. The maximum absolute atomic E-state index is 12.1. The highest BCUT2D eigenvalue weighted by atomic mass is 16.6. The molecule has 0 spiro atoms. The van der Waals surface area contributed by atoms with Gasteiger partial charge in [-0.05, 0) is 36.1 Å². The largest absolute Gasteiger partial charge is 0.493 e. The number of rotatable bonds is 8. The van der Waals surface area contributed by atoms with Gasteiger partial charge in [-0.25, -0.2) is 0 Å². The van der Waals surface area contributed by atoms with Crippen LogP contribution in [-0.2, 0) is 4.79 Å². The van der Waals surface area contributed by atoms with Gasteiger partial charge in [-0.1, -0.05) is 26.0 Å². The van der Waals surface area contributed by atoms with Gasteiger partial charge in [0, 0.05) is 11.8 Å². The van der Waals surface area contributed by atoms with Gasteiger partial charge < -0.3 is 14.8 Å². The van der Waals surface area contributed by atoms with Gasteiger partial charge in [0.05, 0.1) is 18.1 Å². The Hall–Kier alpha value is -3.09. The lowest BCUT2D eigenvalue weighted by molar-refractivity contribution is -0.385. The molecule has 26 heavy (non-hydrogen) atoms. The van der Waals surface area contributed by atoms with Crippen molar-refractivity contribution in [2.75, 3.05) is 19.0 Å². The van der Waals surface area contributed by atoms with Crippen LogP contribution in [0, 0.1) is 10.1 Å². The molecule has 0 bridgehead atoms. The minimum atomic E-state index is -0.536. The van der Waals surface area contributed by atoms with Gasteiger partial charge >= 0.3 is 0 Å². The van der Waals surface area contributed by atoms with E-state index in [0.29, 0.717) is 17.4 Å². The summed E-state index contributed by atoms with van der Waals surface area (Å²) in [7, 11) is 1.42. The van der Waals surface area contributed by atoms with E-state index in [1.165, 1.54) is 30.9 Å². The SMILES string of the molecule is CC[C@@H](C)c1ccc(NC(=O)COc2cc([N+](=O)[O-])ccc2OC)cc1. The summed E-state index contributed by atoms with van der Waals surface area (Å²) in [5.74, 6) is 0.560. The Bertz CT molecular complexity index is 774. The van der Waals surface area contributed by atoms with Crippen LogP contribution in [0.1, 0.15) is 31.7 Å². The zero-order valence-corrected chi connectivity index (χ0v) is 15.0. The van der Waals surface area contributed by atoms with Crippen molar-refractivity contribution in [1.82, 2.24) is 0 Å². The number of non-ortho nitro benzene ring substituents is 1. The average Bonchev–Trinajstić information content (AvgIpc) is 2.66. The van der Waals surface area contributed by atoms with Crippen molar-refractivity contribution in [3.63, 3.8) is 0 Å². The fraction of sp³-hybridized carbons (Fsp3) is 0.316. The first-order valence-corrected chi connectivity index (χ1v) is 8.29. The Labute approximate surface area is 152 Å². The third-order valence-corrected chi connectivity index (χ3v) is 4.09. The van der Waals surface area contributed by atoms with Crippen LogP contribution in [0.4, 0.5) is 11.4 Å². The zero-order valence-electron chi connectivity index (χ0n) is 15.0. The molecule has 7 heteroatoms. The van der Waals surface area contributed by atoms with Gasteiger partial charge in [0.25, 0.3) is 11.6 Å². The molecule has 2 aromatic carbocycles. The summed E-state index contributed by atoms with van der Waals surface area (Å²) < 4.78 is 10.5. The predicted molar refractivity (Wildman–Crippen MR) is 98.9 cm³/mol. The average molecular weight is 358 g/mol. The highest BCUT2D eigenvalue weighted by Crippen LogP contribution is 2.31. The first-order valence-electron chi connectivity index (χ1n) is 8.29. The number of hydrogen-bond acceptors (Lipinski definition) is 5. The summed E-state index contributed by atoms with van der Waals surface area (Å²) in [6, 6.07) is 11.6. The number of benzene rings is 2. The fourth-order valence-corrected chi connectivity index (χ4v) is 2.36. The first kappa shape index (κ1) is 19.2. The molecule has 0 radical (unpaired) electrons. The van der Waals surface area contributed by atoms with Crippen LogP contribution < -0.4 is 14.8 Å². The maximum atomic E-state index is 12.1. The lowest BCUT2D eigenvalue weighted by Gasteiger charge is -2.12. The number of nitrogens with one attached hydrogen (secondary N) is 1. The normalized spacial score (nSPS) is 11.5. The summed E-state index contributed by atoms with van der Waals surface area (Å²) in [6.45, 7) is 3.98. The molecule has 0 aliphatic carbocycles. The Morgan fingerprint density at radius 2 is 1.88 bits per heavy atom. The molecule has 1 amide bonds. The maximum Gasteiger partial charge on any atom is 0.273 e. The Kier molecular flexibility index (Phi) is 6.54. The predicted octanol–water partition coefficient (Wildman–Crippen LogP) is 4.13. The van der Waals surface area contributed by atoms with E-state index in [2.05, 4.69) is 19.2 Å². The molecule has 0 aliphatic heterocycles. The number of ether oxygens (including phenoxy) is 2. The van der Waals surface area contributed by atoms with Gasteiger partial charge in [-0.3, -0.25) is 14.9 Å². The van der Waals surface area contributed by atoms with Gasteiger partial charge in [0.1, 0.15) is 0 Å². The van der Waals surface area contributed by atoms with Crippen LogP contribution in [0.15, 0.2) is 42.5 Å². The number of nitro groups is 1. The van der Waals surface area contributed by atoms with Crippen molar-refractivity contribution in [3.05, 3.63) is 58.1 Å². The summed E-state index contributed by atoms with van der Waals surface area (Å²) in [6.07, 6.45) is 1.05. The molecule has 2 rings (SSSR count). The summed E-state index contributed by atoms with van der Waals surface area (Å²) in [5, 5.41) is 13.6. The first-order chi connectivity index (χ1) is 12.4. The molecule has 2 aromatic rings. The minimum absolute atomic E-state index is 0.137. The smallest absolute Gasteiger partial charge is 0.273 e. The van der Waals surface area contributed by atoms with E-state index in [-0.39, 0.29) is 24.0 Å². The van der Waals surface area contributed by atoms with Crippen LogP contribution in [0.5, 0.6) is 11.5 Å². The van der Waals surface area contributed by atoms with Crippen LogP contribution in [0.25, 0.3) is 0 Å². The molecule has 0 aromatic heterocycles. The third kappa shape index (κ3) is 4.95. The number of nitrogens with zero attached hydrogens (tertiary/aromatic N) is 1. The number of hydrogen-bond donors (Lipinski definition) is 1. The highest BCUT2D eigenvalue weighted by molar-refractivity contribution is 5.91. The molecule has 0 aliphatic rings. The van der Waals surface area contributed by atoms with Crippen molar-refractivity contribution in [2.45, 2.75) is 26.2 Å². The fourth-order valence-electron chi connectivity index (χ4n) is 2.36. The molecule has 138 valence electrons. The van der Waals surface area contributed by atoms with Crippen LogP contribution in [-0.4, -0.2) is 24.5 Å². The highest BCUT2D eigenvalue weighted by Gasteiger charge is 2.14. The van der Waals surface area contributed by atoms with Gasteiger partial charge in [-0.2, -0.15) is 0 Å². The summed E-state index contributed by atoms with van der Waals surface area (Å²) in [4.78, 5) is 22.4. The van der Waals surface area contributed by atoms with Crippen LogP contribution in [0.2, 0.25) is 0 Å².